The lowest BCUT2D eigenvalue weighted by molar-refractivity contribution is 0.670. The first kappa shape index (κ1) is 27.9. The van der Waals surface area contributed by atoms with E-state index in [1.54, 1.807) is 0 Å². The number of hydrogen-bond acceptors (Lipinski definition) is 3. The molecular weight excluding hydrogens is 615 g/mol. The van der Waals surface area contributed by atoms with Gasteiger partial charge in [-0.25, -0.2) is 0 Å². The van der Waals surface area contributed by atoms with Crippen LogP contribution < -0.4 is 4.90 Å². The number of rotatable bonds is 5. The maximum absolute atomic E-state index is 6.58. The van der Waals surface area contributed by atoms with Crippen LogP contribution in [0.2, 0.25) is 0 Å². The summed E-state index contributed by atoms with van der Waals surface area (Å²) >= 11 is 1.85. The molecule has 0 saturated carbocycles. The zero-order valence-corrected chi connectivity index (χ0v) is 27.3. The normalized spacial score (nSPS) is 11.7. The Morgan fingerprint density at radius 1 is 0.408 bits per heavy atom. The fourth-order valence-corrected chi connectivity index (χ4v) is 8.60. The quantitative estimate of drug-likeness (QED) is 0.186. The standard InChI is InChI=1S/C46H29NOS/c1-2-14-33-30(12-1)13-9-18-34(33)31-26-28-32(29-27-31)47(41-22-11-25-44-45(41)39-17-5-8-24-43(39)49-44)40-21-6-3-15-35(40)37-19-10-20-38-36-16-4-7-23-42(36)48-46(37)38/h1-29H. The van der Waals surface area contributed by atoms with Crippen LogP contribution in [0, 0.1) is 0 Å². The van der Waals surface area contributed by atoms with E-state index >= 15 is 0 Å². The fraction of sp³-hybridized carbons (Fsp3) is 0. The van der Waals surface area contributed by atoms with Crippen molar-refractivity contribution in [3.63, 3.8) is 0 Å². The molecule has 8 aromatic carbocycles. The first-order valence-electron chi connectivity index (χ1n) is 16.6. The van der Waals surface area contributed by atoms with E-state index in [2.05, 4.69) is 175 Å². The molecule has 10 rings (SSSR count). The summed E-state index contributed by atoms with van der Waals surface area (Å²) in [6.07, 6.45) is 0. The van der Waals surface area contributed by atoms with Crippen molar-refractivity contribution in [1.29, 1.82) is 0 Å². The minimum absolute atomic E-state index is 0.901. The van der Waals surface area contributed by atoms with Gasteiger partial charge in [-0.3, -0.25) is 0 Å². The van der Waals surface area contributed by atoms with Gasteiger partial charge >= 0.3 is 0 Å². The molecule has 0 amide bonds. The summed E-state index contributed by atoms with van der Waals surface area (Å²) in [5.74, 6) is 0. The van der Waals surface area contributed by atoms with E-state index in [-0.39, 0.29) is 0 Å². The van der Waals surface area contributed by atoms with Crippen molar-refractivity contribution in [3.05, 3.63) is 176 Å². The lowest BCUT2D eigenvalue weighted by atomic mass is 9.97. The third-order valence-electron chi connectivity index (χ3n) is 9.69. The van der Waals surface area contributed by atoms with Gasteiger partial charge in [-0.05, 0) is 64.4 Å². The second-order valence-electron chi connectivity index (χ2n) is 12.5. The highest BCUT2D eigenvalue weighted by Gasteiger charge is 2.23. The van der Waals surface area contributed by atoms with Gasteiger partial charge in [0.25, 0.3) is 0 Å². The van der Waals surface area contributed by atoms with E-state index in [9.17, 15) is 0 Å². The summed E-state index contributed by atoms with van der Waals surface area (Å²) in [5.41, 5.74) is 9.76. The van der Waals surface area contributed by atoms with Crippen molar-refractivity contribution in [3.8, 4) is 22.3 Å². The van der Waals surface area contributed by atoms with E-state index in [4.69, 9.17) is 4.42 Å². The number of fused-ring (bicyclic) bond motifs is 7. The summed E-state index contributed by atoms with van der Waals surface area (Å²) in [6.45, 7) is 0. The highest BCUT2D eigenvalue weighted by atomic mass is 32.1. The van der Waals surface area contributed by atoms with Gasteiger partial charge in [0.1, 0.15) is 11.2 Å². The summed E-state index contributed by atoms with van der Waals surface area (Å²) < 4.78 is 9.14. The Bertz CT molecular complexity index is 2840. The van der Waals surface area contributed by atoms with Gasteiger partial charge in [0.15, 0.2) is 0 Å². The van der Waals surface area contributed by atoms with Crippen molar-refractivity contribution in [2.75, 3.05) is 4.90 Å². The number of benzene rings is 8. The zero-order valence-electron chi connectivity index (χ0n) is 26.5. The molecule has 0 aliphatic carbocycles. The first-order chi connectivity index (χ1) is 24.3. The second-order valence-corrected chi connectivity index (χ2v) is 13.5. The largest absolute Gasteiger partial charge is 0.455 e. The van der Waals surface area contributed by atoms with E-state index in [0.717, 1.165) is 50.1 Å². The number of hydrogen-bond donors (Lipinski definition) is 0. The topological polar surface area (TPSA) is 16.4 Å². The molecule has 0 saturated heterocycles. The van der Waals surface area contributed by atoms with Gasteiger partial charge in [0, 0.05) is 47.8 Å². The Morgan fingerprint density at radius 3 is 1.94 bits per heavy atom. The molecule has 0 unspecified atom stereocenters. The summed E-state index contributed by atoms with van der Waals surface area (Å²) in [6, 6.07) is 63.2. The Hall–Kier alpha value is -6.16. The molecule has 10 aromatic rings. The SMILES string of the molecule is c1ccc(N(c2ccc(-c3cccc4ccccc34)cc2)c2cccc3sc4ccccc4c23)c(-c2cccc3c2oc2ccccc23)c1. The van der Waals surface area contributed by atoms with Crippen LogP contribution in [0.15, 0.2) is 180 Å². The van der Waals surface area contributed by atoms with Crippen LogP contribution in [0.3, 0.4) is 0 Å². The molecule has 2 heterocycles. The van der Waals surface area contributed by atoms with Gasteiger partial charge in [0.05, 0.1) is 11.4 Å². The van der Waals surface area contributed by atoms with Crippen molar-refractivity contribution >= 4 is 81.3 Å². The predicted molar refractivity (Wildman–Crippen MR) is 210 cm³/mol. The molecule has 0 spiro atoms. The van der Waals surface area contributed by atoms with Gasteiger partial charge < -0.3 is 9.32 Å². The van der Waals surface area contributed by atoms with Crippen LogP contribution in [0.4, 0.5) is 17.1 Å². The Kier molecular flexibility index (Phi) is 6.39. The number of thiophene rings is 1. The lowest BCUT2D eigenvalue weighted by Gasteiger charge is -2.29. The number of anilines is 3. The third kappa shape index (κ3) is 4.47. The molecule has 0 bridgehead atoms. The highest BCUT2D eigenvalue weighted by molar-refractivity contribution is 7.26. The van der Waals surface area contributed by atoms with Crippen LogP contribution in [0.5, 0.6) is 0 Å². The molecule has 49 heavy (non-hydrogen) atoms. The molecule has 3 heteroatoms. The van der Waals surface area contributed by atoms with Crippen molar-refractivity contribution < 1.29 is 4.42 Å². The molecule has 0 N–H and O–H groups in total. The lowest BCUT2D eigenvalue weighted by Crippen LogP contribution is -2.11. The summed E-state index contributed by atoms with van der Waals surface area (Å²) in [4.78, 5) is 2.44. The maximum Gasteiger partial charge on any atom is 0.143 e. The first-order valence-corrected chi connectivity index (χ1v) is 17.4. The Labute approximate surface area is 287 Å². The van der Waals surface area contributed by atoms with Crippen molar-refractivity contribution in [2.24, 2.45) is 0 Å². The minimum atomic E-state index is 0.901. The van der Waals surface area contributed by atoms with Crippen LogP contribution in [0.1, 0.15) is 0 Å². The molecule has 0 radical (unpaired) electrons. The molecule has 230 valence electrons. The van der Waals surface area contributed by atoms with Crippen LogP contribution in [-0.2, 0) is 0 Å². The summed E-state index contributed by atoms with van der Waals surface area (Å²) in [5, 5.41) is 7.29. The van der Waals surface area contributed by atoms with Gasteiger partial charge in [-0.15, -0.1) is 11.3 Å². The molecule has 2 aromatic heterocycles. The van der Waals surface area contributed by atoms with Gasteiger partial charge in [-0.2, -0.15) is 0 Å². The van der Waals surface area contributed by atoms with Crippen LogP contribution in [0.25, 0.3) is 75.1 Å². The van der Waals surface area contributed by atoms with Crippen molar-refractivity contribution in [2.45, 2.75) is 0 Å². The van der Waals surface area contributed by atoms with E-state index in [1.807, 2.05) is 17.4 Å². The second kappa shape index (κ2) is 11.2. The van der Waals surface area contributed by atoms with Gasteiger partial charge in [-0.1, -0.05) is 133 Å². The average molecular weight is 644 g/mol. The number of para-hydroxylation sites is 3. The molecule has 0 atom stereocenters. The highest BCUT2D eigenvalue weighted by Crippen LogP contribution is 2.48. The summed E-state index contributed by atoms with van der Waals surface area (Å²) in [7, 11) is 0. The molecular formula is C46H29NOS. The maximum atomic E-state index is 6.58. The van der Waals surface area contributed by atoms with Crippen LogP contribution >= 0.6 is 11.3 Å². The minimum Gasteiger partial charge on any atom is -0.455 e. The number of nitrogens with zero attached hydrogens (tertiary/aromatic N) is 1. The third-order valence-corrected chi connectivity index (χ3v) is 10.8. The molecule has 0 fully saturated rings. The van der Waals surface area contributed by atoms with E-state index < -0.39 is 0 Å². The van der Waals surface area contributed by atoms with Crippen LogP contribution in [-0.4, -0.2) is 0 Å². The van der Waals surface area contributed by atoms with E-state index in [0.29, 0.717) is 0 Å². The van der Waals surface area contributed by atoms with E-state index in [1.165, 1.54) is 42.1 Å². The molecule has 2 nitrogen and oxygen atoms in total. The monoisotopic (exact) mass is 643 g/mol. The average Bonchev–Trinajstić information content (AvgIpc) is 3.74. The smallest absolute Gasteiger partial charge is 0.143 e. The molecule has 0 aliphatic rings. The Morgan fingerprint density at radius 2 is 1.02 bits per heavy atom. The van der Waals surface area contributed by atoms with Crippen molar-refractivity contribution in [1.82, 2.24) is 0 Å². The Balaban J connectivity index is 1.22. The van der Waals surface area contributed by atoms with Gasteiger partial charge in [0.2, 0.25) is 0 Å². The number of furan rings is 1. The predicted octanol–water partition coefficient (Wildman–Crippen LogP) is 13.9. The fourth-order valence-electron chi connectivity index (χ4n) is 7.47. The molecule has 0 aliphatic heterocycles. The zero-order chi connectivity index (χ0) is 32.3.